The summed E-state index contributed by atoms with van der Waals surface area (Å²) in [5.41, 5.74) is 3.43. The van der Waals surface area contributed by atoms with Gasteiger partial charge >= 0.3 is 0 Å². The molecule has 0 saturated heterocycles. The molecule has 1 heterocycles. The summed E-state index contributed by atoms with van der Waals surface area (Å²) < 4.78 is 28.9. The Kier molecular flexibility index (Phi) is 4.97. The van der Waals surface area contributed by atoms with E-state index < -0.39 is 16.1 Å². The average molecular weight is 376 g/mol. The lowest BCUT2D eigenvalue weighted by Crippen LogP contribution is -2.29. The molecule has 0 amide bonds. The van der Waals surface area contributed by atoms with Crippen LogP contribution in [0.3, 0.4) is 0 Å². The van der Waals surface area contributed by atoms with Crippen molar-refractivity contribution >= 4 is 31.4 Å². The van der Waals surface area contributed by atoms with Crippen molar-refractivity contribution in [3.8, 4) is 0 Å². The maximum absolute atomic E-state index is 12.6. The van der Waals surface area contributed by atoms with E-state index in [9.17, 15) is 13.5 Å². The summed E-state index contributed by atoms with van der Waals surface area (Å²) >= 11 is 1.54. The summed E-state index contributed by atoms with van der Waals surface area (Å²) in [7, 11) is -3.68. The van der Waals surface area contributed by atoms with Gasteiger partial charge in [-0.05, 0) is 60.4 Å². The minimum atomic E-state index is -3.68. The Labute approximate surface area is 152 Å². The molecule has 0 fully saturated rings. The first kappa shape index (κ1) is 18.1. The van der Waals surface area contributed by atoms with Crippen molar-refractivity contribution in [3.05, 3.63) is 64.0 Å². The van der Waals surface area contributed by atoms with Crippen LogP contribution in [-0.2, 0) is 10.0 Å². The third-order valence-electron chi connectivity index (χ3n) is 4.42. The highest BCUT2D eigenvalue weighted by molar-refractivity contribution is 7.89. The molecular weight excluding hydrogens is 354 g/mol. The van der Waals surface area contributed by atoms with Crippen molar-refractivity contribution in [2.75, 3.05) is 6.54 Å². The average Bonchev–Trinajstić information content (AvgIpc) is 3.00. The lowest BCUT2D eigenvalue weighted by Gasteiger charge is -2.14. The third kappa shape index (κ3) is 3.62. The van der Waals surface area contributed by atoms with E-state index >= 15 is 0 Å². The molecule has 0 radical (unpaired) electrons. The summed E-state index contributed by atoms with van der Waals surface area (Å²) in [5, 5.41) is 13.3. The van der Waals surface area contributed by atoms with E-state index in [2.05, 4.69) is 4.72 Å². The fourth-order valence-electron chi connectivity index (χ4n) is 2.86. The zero-order chi connectivity index (χ0) is 18.2. The predicted molar refractivity (Wildman–Crippen MR) is 103 cm³/mol. The van der Waals surface area contributed by atoms with Gasteiger partial charge in [-0.25, -0.2) is 13.1 Å². The minimum Gasteiger partial charge on any atom is -0.387 e. The molecule has 4 nitrogen and oxygen atoms in total. The normalized spacial score (nSPS) is 13.3. The van der Waals surface area contributed by atoms with Gasteiger partial charge in [0.05, 0.1) is 11.0 Å². The molecular formula is C19H21NO3S2. The van der Waals surface area contributed by atoms with Crippen molar-refractivity contribution in [1.82, 2.24) is 4.72 Å². The molecule has 0 aliphatic rings. The molecule has 0 spiro atoms. The molecule has 3 aromatic rings. The van der Waals surface area contributed by atoms with Gasteiger partial charge in [0.15, 0.2) is 0 Å². The van der Waals surface area contributed by atoms with Gasteiger partial charge in [-0.15, -0.1) is 11.3 Å². The van der Waals surface area contributed by atoms with E-state index in [1.807, 2.05) is 49.6 Å². The van der Waals surface area contributed by atoms with Crippen molar-refractivity contribution in [3.63, 3.8) is 0 Å². The molecule has 2 aromatic carbocycles. The molecule has 0 bridgehead atoms. The van der Waals surface area contributed by atoms with E-state index in [0.29, 0.717) is 5.56 Å². The van der Waals surface area contributed by atoms with Gasteiger partial charge in [0, 0.05) is 16.8 Å². The zero-order valence-electron chi connectivity index (χ0n) is 14.4. The number of benzene rings is 2. The Morgan fingerprint density at radius 2 is 1.76 bits per heavy atom. The van der Waals surface area contributed by atoms with Crippen LogP contribution in [0, 0.1) is 20.8 Å². The van der Waals surface area contributed by atoms with Gasteiger partial charge in [-0.1, -0.05) is 24.3 Å². The number of aryl methyl sites for hydroxylation is 3. The summed E-state index contributed by atoms with van der Waals surface area (Å²) in [6, 6.07) is 11.3. The second kappa shape index (κ2) is 6.88. The Hall–Kier alpha value is -1.73. The van der Waals surface area contributed by atoms with Crippen molar-refractivity contribution < 1.29 is 13.5 Å². The molecule has 3 rings (SSSR count). The van der Waals surface area contributed by atoms with Gasteiger partial charge in [-0.3, -0.25) is 0 Å². The van der Waals surface area contributed by atoms with Crippen LogP contribution in [0.15, 0.2) is 46.7 Å². The smallest absolute Gasteiger partial charge is 0.240 e. The minimum absolute atomic E-state index is 0.0601. The Bertz CT molecular complexity index is 1020. The van der Waals surface area contributed by atoms with E-state index in [4.69, 9.17) is 0 Å². The monoisotopic (exact) mass is 375 g/mol. The highest BCUT2D eigenvalue weighted by atomic mass is 32.2. The topological polar surface area (TPSA) is 66.4 Å². The van der Waals surface area contributed by atoms with Crippen molar-refractivity contribution in [1.29, 1.82) is 0 Å². The molecule has 0 aliphatic carbocycles. The Balaban J connectivity index is 1.81. The molecule has 0 saturated carbocycles. The second-order valence-corrected chi connectivity index (χ2v) is 8.90. The fraction of sp³-hybridized carbons (Fsp3) is 0.263. The number of aliphatic hydroxyl groups is 1. The maximum Gasteiger partial charge on any atom is 0.240 e. The number of nitrogens with one attached hydrogen (secondary N) is 1. The van der Waals surface area contributed by atoms with Crippen LogP contribution in [0.5, 0.6) is 0 Å². The number of rotatable bonds is 5. The van der Waals surface area contributed by atoms with E-state index in [-0.39, 0.29) is 11.4 Å². The Morgan fingerprint density at radius 1 is 1.08 bits per heavy atom. The molecule has 1 aromatic heterocycles. The zero-order valence-corrected chi connectivity index (χ0v) is 16.0. The van der Waals surface area contributed by atoms with Crippen molar-refractivity contribution in [2.45, 2.75) is 31.8 Å². The van der Waals surface area contributed by atoms with Gasteiger partial charge in [0.25, 0.3) is 0 Å². The number of hydrogen-bond acceptors (Lipinski definition) is 4. The van der Waals surface area contributed by atoms with E-state index in [1.165, 1.54) is 0 Å². The number of sulfonamides is 1. The molecule has 132 valence electrons. The predicted octanol–water partition coefficient (Wildman–Crippen LogP) is 3.84. The number of aliphatic hydroxyl groups excluding tert-OH is 1. The SMILES string of the molecule is Cc1cc(C)c(S(=O)(=O)NCC(O)c2csc3ccccc23)cc1C. The molecule has 6 heteroatoms. The number of fused-ring (bicyclic) bond motifs is 1. The first-order chi connectivity index (χ1) is 11.8. The maximum atomic E-state index is 12.6. The van der Waals surface area contributed by atoms with E-state index in [1.54, 1.807) is 24.3 Å². The van der Waals surface area contributed by atoms with Crippen LogP contribution in [-0.4, -0.2) is 20.1 Å². The lowest BCUT2D eigenvalue weighted by atomic mass is 10.1. The van der Waals surface area contributed by atoms with E-state index in [0.717, 1.165) is 26.8 Å². The lowest BCUT2D eigenvalue weighted by molar-refractivity contribution is 0.184. The van der Waals surface area contributed by atoms with Crippen LogP contribution < -0.4 is 4.72 Å². The summed E-state index contributed by atoms with van der Waals surface area (Å²) in [4.78, 5) is 0.262. The van der Waals surface area contributed by atoms with Crippen LogP contribution in [0.4, 0.5) is 0 Å². The van der Waals surface area contributed by atoms with Gasteiger partial charge in [0.2, 0.25) is 10.0 Å². The molecule has 0 aliphatic heterocycles. The molecule has 25 heavy (non-hydrogen) atoms. The fourth-order valence-corrected chi connectivity index (χ4v) is 5.21. The van der Waals surface area contributed by atoms with Crippen LogP contribution in [0.1, 0.15) is 28.4 Å². The standard InChI is InChI=1S/C19H21NO3S2/c1-12-8-14(3)19(9-13(12)2)25(22,23)20-10-17(21)16-11-24-18-7-5-4-6-15(16)18/h4-9,11,17,20-21H,10H2,1-3H3. The summed E-state index contributed by atoms with van der Waals surface area (Å²) in [6.45, 7) is 5.57. The van der Waals surface area contributed by atoms with Crippen LogP contribution in [0.25, 0.3) is 10.1 Å². The summed E-state index contributed by atoms with van der Waals surface area (Å²) in [5.74, 6) is 0. The third-order valence-corrected chi connectivity index (χ3v) is 6.96. The molecule has 2 N–H and O–H groups in total. The molecule has 1 unspecified atom stereocenters. The number of thiophene rings is 1. The van der Waals surface area contributed by atoms with Gasteiger partial charge in [0.1, 0.15) is 0 Å². The van der Waals surface area contributed by atoms with Crippen LogP contribution in [0.2, 0.25) is 0 Å². The summed E-state index contributed by atoms with van der Waals surface area (Å²) in [6.07, 6.45) is -0.891. The molecule has 1 atom stereocenters. The second-order valence-electron chi connectivity index (χ2n) is 6.26. The highest BCUT2D eigenvalue weighted by Crippen LogP contribution is 2.30. The van der Waals surface area contributed by atoms with Crippen LogP contribution >= 0.6 is 11.3 Å². The van der Waals surface area contributed by atoms with Crippen molar-refractivity contribution in [2.24, 2.45) is 0 Å². The van der Waals surface area contributed by atoms with Gasteiger partial charge < -0.3 is 5.11 Å². The van der Waals surface area contributed by atoms with Gasteiger partial charge in [-0.2, -0.15) is 0 Å². The first-order valence-corrected chi connectivity index (χ1v) is 10.4. The number of hydrogen-bond donors (Lipinski definition) is 2. The Morgan fingerprint density at radius 3 is 2.52 bits per heavy atom. The highest BCUT2D eigenvalue weighted by Gasteiger charge is 2.21. The quantitative estimate of drug-likeness (QED) is 0.712. The largest absolute Gasteiger partial charge is 0.387 e. The first-order valence-electron chi connectivity index (χ1n) is 8.01.